The molecule has 1 N–H and O–H groups in total. The molecule has 1 heterocycles. The number of benzene rings is 2. The van der Waals surface area contributed by atoms with Gasteiger partial charge in [-0.3, -0.25) is 0 Å². The maximum Gasteiger partial charge on any atom is 0.123 e. The Morgan fingerprint density at radius 2 is 2.00 bits per heavy atom. The second-order valence-corrected chi connectivity index (χ2v) is 5.59. The van der Waals surface area contributed by atoms with Gasteiger partial charge in [0, 0.05) is 22.6 Å². The lowest BCUT2D eigenvalue weighted by atomic mass is 10.1. The summed E-state index contributed by atoms with van der Waals surface area (Å²) in [5.74, 6) is 1.65. The molecule has 1 aliphatic rings. The van der Waals surface area contributed by atoms with Gasteiger partial charge in [-0.15, -0.1) is 11.8 Å². The third kappa shape index (κ3) is 2.84. The van der Waals surface area contributed by atoms with Gasteiger partial charge in [0.2, 0.25) is 0 Å². The van der Waals surface area contributed by atoms with Crippen LogP contribution < -0.4 is 4.74 Å². The van der Waals surface area contributed by atoms with Crippen LogP contribution in [0.3, 0.4) is 0 Å². The van der Waals surface area contributed by atoms with E-state index >= 15 is 0 Å². The number of halogens is 1. The molecule has 4 heteroatoms. The molecular formula is C15H13FO2S. The molecule has 0 aromatic heterocycles. The van der Waals surface area contributed by atoms with Crippen LogP contribution in [-0.4, -0.2) is 17.0 Å². The van der Waals surface area contributed by atoms with Gasteiger partial charge < -0.3 is 9.84 Å². The Kier molecular flexibility index (Phi) is 3.34. The summed E-state index contributed by atoms with van der Waals surface area (Å²) < 4.78 is 18.9. The number of phenolic OH excluding ortho intramolecular Hbond substituents is 1. The number of aromatic hydroxyl groups is 1. The third-order valence-corrected chi connectivity index (χ3v) is 4.18. The first-order valence-electron chi connectivity index (χ1n) is 6.07. The highest BCUT2D eigenvalue weighted by molar-refractivity contribution is 7.99. The van der Waals surface area contributed by atoms with Crippen molar-refractivity contribution in [3.05, 3.63) is 53.8 Å². The highest BCUT2D eigenvalue weighted by Gasteiger charge is 2.23. The van der Waals surface area contributed by atoms with Gasteiger partial charge in [0.1, 0.15) is 23.4 Å². The average molecular weight is 276 g/mol. The van der Waals surface area contributed by atoms with E-state index in [1.54, 1.807) is 36.0 Å². The van der Waals surface area contributed by atoms with E-state index in [2.05, 4.69) is 0 Å². The molecule has 0 spiro atoms. The SMILES string of the molecule is Oc1ccc(SCC2Cc3cc(F)ccc3O2)cc1. The Labute approximate surface area is 115 Å². The maximum absolute atomic E-state index is 13.1. The minimum atomic E-state index is -0.214. The monoisotopic (exact) mass is 276 g/mol. The Balaban J connectivity index is 1.60. The first-order valence-corrected chi connectivity index (χ1v) is 7.06. The molecule has 0 amide bonds. The van der Waals surface area contributed by atoms with E-state index in [9.17, 15) is 9.50 Å². The van der Waals surface area contributed by atoms with Gasteiger partial charge in [0.05, 0.1) is 0 Å². The summed E-state index contributed by atoms with van der Waals surface area (Å²) in [5, 5.41) is 9.21. The molecule has 2 aromatic carbocycles. The van der Waals surface area contributed by atoms with Crippen molar-refractivity contribution in [2.75, 3.05) is 5.75 Å². The Morgan fingerprint density at radius 1 is 1.21 bits per heavy atom. The van der Waals surface area contributed by atoms with Crippen LogP contribution >= 0.6 is 11.8 Å². The molecule has 19 heavy (non-hydrogen) atoms. The van der Waals surface area contributed by atoms with E-state index in [1.165, 1.54) is 6.07 Å². The van der Waals surface area contributed by atoms with Gasteiger partial charge in [-0.2, -0.15) is 0 Å². The molecule has 0 bridgehead atoms. The number of hydrogen-bond acceptors (Lipinski definition) is 3. The van der Waals surface area contributed by atoms with Gasteiger partial charge >= 0.3 is 0 Å². The van der Waals surface area contributed by atoms with Crippen molar-refractivity contribution >= 4 is 11.8 Å². The molecule has 1 unspecified atom stereocenters. The lowest BCUT2D eigenvalue weighted by molar-refractivity contribution is 0.259. The zero-order valence-corrected chi connectivity index (χ0v) is 11.0. The van der Waals surface area contributed by atoms with Crippen LogP contribution in [0.1, 0.15) is 5.56 Å². The molecule has 0 saturated heterocycles. The predicted octanol–water partition coefficient (Wildman–Crippen LogP) is 3.63. The van der Waals surface area contributed by atoms with E-state index in [-0.39, 0.29) is 17.7 Å². The van der Waals surface area contributed by atoms with Crippen LogP contribution in [0.15, 0.2) is 47.4 Å². The standard InChI is InChI=1S/C15H13FO2S/c16-11-1-6-15-10(7-11)8-13(18-15)9-19-14-4-2-12(17)3-5-14/h1-7,13,17H,8-9H2. The van der Waals surface area contributed by atoms with Crippen LogP contribution in [0.2, 0.25) is 0 Å². The van der Waals surface area contributed by atoms with Crippen molar-refractivity contribution in [3.63, 3.8) is 0 Å². The lowest BCUT2D eigenvalue weighted by Gasteiger charge is -2.10. The summed E-state index contributed by atoms with van der Waals surface area (Å²) in [5.41, 5.74) is 0.941. The summed E-state index contributed by atoms with van der Waals surface area (Å²) >= 11 is 1.67. The number of fused-ring (bicyclic) bond motifs is 1. The summed E-state index contributed by atoms with van der Waals surface area (Å²) in [6.07, 6.45) is 0.827. The zero-order chi connectivity index (χ0) is 13.2. The number of phenols is 1. The fourth-order valence-corrected chi connectivity index (χ4v) is 3.01. The second-order valence-electron chi connectivity index (χ2n) is 4.50. The molecule has 1 aliphatic heterocycles. The van der Waals surface area contributed by atoms with Gasteiger partial charge in [0.25, 0.3) is 0 Å². The molecule has 0 radical (unpaired) electrons. The molecule has 0 saturated carbocycles. The van der Waals surface area contributed by atoms with E-state index in [1.807, 2.05) is 12.1 Å². The Hall–Kier alpha value is -1.68. The summed E-state index contributed by atoms with van der Waals surface area (Å²) in [6.45, 7) is 0. The van der Waals surface area contributed by atoms with Gasteiger partial charge in [0.15, 0.2) is 0 Å². The predicted molar refractivity (Wildman–Crippen MR) is 73.4 cm³/mol. The average Bonchev–Trinajstić information content (AvgIpc) is 2.80. The molecular weight excluding hydrogens is 263 g/mol. The van der Waals surface area contributed by atoms with Gasteiger partial charge in [-0.25, -0.2) is 4.39 Å². The summed E-state index contributed by atoms with van der Waals surface area (Å²) in [4.78, 5) is 1.09. The zero-order valence-electron chi connectivity index (χ0n) is 10.2. The molecule has 98 valence electrons. The molecule has 0 aliphatic carbocycles. The minimum absolute atomic E-state index is 0.0793. The molecule has 2 aromatic rings. The van der Waals surface area contributed by atoms with Crippen molar-refractivity contribution < 1.29 is 14.2 Å². The first kappa shape index (κ1) is 12.4. The van der Waals surface area contributed by atoms with Gasteiger partial charge in [-0.05, 0) is 42.5 Å². The molecule has 0 fully saturated rings. The molecule has 3 rings (SSSR count). The van der Waals surface area contributed by atoms with Gasteiger partial charge in [-0.1, -0.05) is 0 Å². The van der Waals surface area contributed by atoms with Crippen LogP contribution in [0.25, 0.3) is 0 Å². The van der Waals surface area contributed by atoms with E-state index in [0.717, 1.165) is 28.4 Å². The topological polar surface area (TPSA) is 29.5 Å². The third-order valence-electron chi connectivity index (χ3n) is 3.04. The van der Waals surface area contributed by atoms with Crippen molar-refractivity contribution in [1.29, 1.82) is 0 Å². The van der Waals surface area contributed by atoms with Crippen molar-refractivity contribution in [2.45, 2.75) is 17.4 Å². The van der Waals surface area contributed by atoms with Crippen molar-refractivity contribution in [2.24, 2.45) is 0 Å². The lowest BCUT2D eigenvalue weighted by Crippen LogP contribution is -2.15. The second kappa shape index (κ2) is 5.13. The van der Waals surface area contributed by atoms with Crippen molar-refractivity contribution in [3.8, 4) is 11.5 Å². The Bertz CT molecular complexity index is 583. The maximum atomic E-state index is 13.1. The number of thioether (sulfide) groups is 1. The van der Waals surface area contributed by atoms with E-state index in [0.29, 0.717) is 0 Å². The first-order chi connectivity index (χ1) is 9.20. The number of rotatable bonds is 3. The highest BCUT2D eigenvalue weighted by atomic mass is 32.2. The quantitative estimate of drug-likeness (QED) is 0.868. The smallest absolute Gasteiger partial charge is 0.123 e. The largest absolute Gasteiger partial charge is 0.508 e. The molecule has 1 atom stereocenters. The van der Waals surface area contributed by atoms with Crippen molar-refractivity contribution in [1.82, 2.24) is 0 Å². The Morgan fingerprint density at radius 3 is 2.79 bits per heavy atom. The van der Waals surface area contributed by atoms with E-state index in [4.69, 9.17) is 4.74 Å². The summed E-state index contributed by atoms with van der Waals surface area (Å²) in [7, 11) is 0. The van der Waals surface area contributed by atoms with Crippen LogP contribution in [0, 0.1) is 5.82 Å². The van der Waals surface area contributed by atoms with E-state index < -0.39 is 0 Å². The van der Waals surface area contributed by atoms with Crippen LogP contribution in [-0.2, 0) is 6.42 Å². The van der Waals surface area contributed by atoms with Crippen LogP contribution in [0.4, 0.5) is 4.39 Å². The highest BCUT2D eigenvalue weighted by Crippen LogP contribution is 2.32. The fourth-order valence-electron chi connectivity index (χ4n) is 2.11. The molecule has 2 nitrogen and oxygen atoms in total. The normalized spacial score (nSPS) is 17.0. The van der Waals surface area contributed by atoms with Crippen LogP contribution in [0.5, 0.6) is 11.5 Å². The fraction of sp³-hybridized carbons (Fsp3) is 0.200. The number of hydrogen-bond donors (Lipinski definition) is 1. The number of ether oxygens (including phenoxy) is 1. The minimum Gasteiger partial charge on any atom is -0.508 e. The summed E-state index contributed by atoms with van der Waals surface area (Å²) in [6, 6.07) is 11.7.